The number of aromatic nitrogens is 2. The average Bonchev–Trinajstić information content (AvgIpc) is 2.71. The van der Waals surface area contributed by atoms with Crippen LogP contribution in [0.15, 0.2) is 24.3 Å². The van der Waals surface area contributed by atoms with Crippen molar-refractivity contribution in [2.45, 2.75) is 66.2 Å². The van der Waals surface area contributed by atoms with E-state index in [9.17, 15) is 14.0 Å². The molecule has 0 saturated carbocycles. The lowest BCUT2D eigenvalue weighted by atomic mass is 9.90. The van der Waals surface area contributed by atoms with Crippen LogP contribution in [0.5, 0.6) is 0 Å². The van der Waals surface area contributed by atoms with Gasteiger partial charge in [0, 0.05) is 48.1 Å². The third-order valence-corrected chi connectivity index (χ3v) is 5.72. The fraction of sp³-hybridized carbons (Fsp3) is 0.520. The highest BCUT2D eigenvalue weighted by Gasteiger charge is 2.29. The molecule has 3 rings (SSSR count). The van der Waals surface area contributed by atoms with Crippen LogP contribution < -0.4 is 5.32 Å². The van der Waals surface area contributed by atoms with Gasteiger partial charge in [-0.2, -0.15) is 0 Å². The van der Waals surface area contributed by atoms with Crippen molar-refractivity contribution >= 4 is 17.5 Å². The number of anilines is 1. The monoisotopic (exact) mass is 440 g/mol. The lowest BCUT2D eigenvalue weighted by molar-refractivity contribution is -0.134. The number of benzene rings is 1. The number of likely N-dealkylation sites (tertiary alicyclic amines) is 1. The van der Waals surface area contributed by atoms with Gasteiger partial charge in [-0.1, -0.05) is 20.8 Å². The van der Waals surface area contributed by atoms with Crippen LogP contribution in [0.1, 0.15) is 68.7 Å². The number of nitrogens with zero attached hydrogens (tertiary/aromatic N) is 3. The van der Waals surface area contributed by atoms with E-state index in [2.05, 4.69) is 26.1 Å². The summed E-state index contributed by atoms with van der Waals surface area (Å²) in [4.78, 5) is 36.6. The molecule has 32 heavy (non-hydrogen) atoms. The van der Waals surface area contributed by atoms with Crippen molar-refractivity contribution in [3.8, 4) is 0 Å². The standard InChI is InChI=1S/C25H33FN4O2/c1-16-21(13-22(31)29-20-10-8-19(26)9-11-20)17(2)28-24(27-16)18-7-6-12-30(15-18)23(32)14-25(3,4)5/h8-11,18H,6-7,12-15H2,1-5H3,(H,29,31). The molecule has 0 bridgehead atoms. The van der Waals surface area contributed by atoms with Crippen molar-refractivity contribution < 1.29 is 14.0 Å². The van der Waals surface area contributed by atoms with Crippen LogP contribution in [0.3, 0.4) is 0 Å². The quantitative estimate of drug-likeness (QED) is 0.740. The molecule has 7 heteroatoms. The highest BCUT2D eigenvalue weighted by Crippen LogP contribution is 2.28. The van der Waals surface area contributed by atoms with Crippen LogP contribution in [-0.2, 0) is 16.0 Å². The SMILES string of the molecule is Cc1nc(C2CCCN(C(=O)CC(C)(C)C)C2)nc(C)c1CC(=O)Nc1ccc(F)cc1. The maximum atomic E-state index is 13.1. The molecule has 1 atom stereocenters. The van der Waals surface area contributed by atoms with E-state index in [1.54, 1.807) is 0 Å². The van der Waals surface area contributed by atoms with Gasteiger partial charge < -0.3 is 10.2 Å². The van der Waals surface area contributed by atoms with Crippen LogP contribution >= 0.6 is 0 Å². The van der Waals surface area contributed by atoms with Crippen LogP contribution in [0.25, 0.3) is 0 Å². The van der Waals surface area contributed by atoms with E-state index in [4.69, 9.17) is 9.97 Å². The first-order valence-corrected chi connectivity index (χ1v) is 11.2. The maximum Gasteiger partial charge on any atom is 0.228 e. The first kappa shape index (κ1) is 23.8. The summed E-state index contributed by atoms with van der Waals surface area (Å²) in [5.41, 5.74) is 2.86. The second-order valence-electron chi connectivity index (χ2n) is 9.88. The van der Waals surface area contributed by atoms with Crippen LogP contribution in [0.2, 0.25) is 0 Å². The van der Waals surface area contributed by atoms with Gasteiger partial charge in [0.15, 0.2) is 0 Å². The number of rotatable bonds is 5. The Bertz CT molecular complexity index is 959. The Labute approximate surface area is 189 Å². The minimum Gasteiger partial charge on any atom is -0.342 e. The van der Waals surface area contributed by atoms with Crippen molar-refractivity contribution in [2.24, 2.45) is 5.41 Å². The number of nitrogens with one attached hydrogen (secondary N) is 1. The van der Waals surface area contributed by atoms with Gasteiger partial charge in [0.2, 0.25) is 11.8 Å². The van der Waals surface area contributed by atoms with Crippen LogP contribution in [0, 0.1) is 25.1 Å². The largest absolute Gasteiger partial charge is 0.342 e. The van der Waals surface area contributed by atoms with Crippen LogP contribution in [0.4, 0.5) is 10.1 Å². The molecule has 1 aromatic carbocycles. The van der Waals surface area contributed by atoms with Gasteiger partial charge >= 0.3 is 0 Å². The Morgan fingerprint density at radius 2 is 1.75 bits per heavy atom. The fourth-order valence-corrected chi connectivity index (χ4v) is 4.08. The van der Waals surface area contributed by atoms with Gasteiger partial charge in [0.05, 0.1) is 6.42 Å². The molecule has 1 N–H and O–H groups in total. The number of hydrogen-bond acceptors (Lipinski definition) is 4. The molecule has 1 aromatic heterocycles. The van der Waals surface area contributed by atoms with E-state index in [0.717, 1.165) is 42.2 Å². The number of amides is 2. The maximum absolute atomic E-state index is 13.1. The van der Waals surface area contributed by atoms with Gasteiger partial charge in [-0.25, -0.2) is 14.4 Å². The third kappa shape index (κ3) is 6.34. The number of aryl methyl sites for hydroxylation is 2. The number of carbonyl (C=O) groups excluding carboxylic acids is 2. The highest BCUT2D eigenvalue weighted by molar-refractivity contribution is 5.92. The normalized spacial score (nSPS) is 16.7. The Morgan fingerprint density at radius 1 is 1.12 bits per heavy atom. The molecule has 1 fully saturated rings. The summed E-state index contributed by atoms with van der Waals surface area (Å²) < 4.78 is 13.1. The number of hydrogen-bond donors (Lipinski definition) is 1. The summed E-state index contributed by atoms with van der Waals surface area (Å²) in [6.07, 6.45) is 2.56. The van der Waals surface area contributed by atoms with E-state index in [1.165, 1.54) is 24.3 Å². The van der Waals surface area contributed by atoms with Crippen molar-refractivity contribution in [2.75, 3.05) is 18.4 Å². The topological polar surface area (TPSA) is 75.2 Å². The summed E-state index contributed by atoms with van der Waals surface area (Å²) in [5.74, 6) is 0.490. The van der Waals surface area contributed by atoms with Gasteiger partial charge in [-0.3, -0.25) is 9.59 Å². The predicted octanol–water partition coefficient (Wildman–Crippen LogP) is 4.56. The molecule has 0 spiro atoms. The predicted molar refractivity (Wildman–Crippen MR) is 123 cm³/mol. The molecule has 1 aliphatic rings. The van der Waals surface area contributed by atoms with E-state index in [0.29, 0.717) is 18.7 Å². The van der Waals surface area contributed by atoms with Crippen molar-refractivity contribution in [1.29, 1.82) is 0 Å². The van der Waals surface area contributed by atoms with Gasteiger partial charge in [0.1, 0.15) is 11.6 Å². The molecular weight excluding hydrogens is 407 g/mol. The number of carbonyl (C=O) groups is 2. The van der Waals surface area contributed by atoms with Crippen LogP contribution in [-0.4, -0.2) is 39.8 Å². The Balaban J connectivity index is 1.68. The van der Waals surface area contributed by atoms with E-state index >= 15 is 0 Å². The molecule has 1 aliphatic heterocycles. The first-order valence-electron chi connectivity index (χ1n) is 11.2. The Hall–Kier alpha value is -2.83. The van der Waals surface area contributed by atoms with E-state index in [1.807, 2.05) is 18.7 Å². The van der Waals surface area contributed by atoms with Crippen molar-refractivity contribution in [1.82, 2.24) is 14.9 Å². The molecule has 0 aliphatic carbocycles. The van der Waals surface area contributed by atoms with Gasteiger partial charge in [-0.05, 0) is 56.4 Å². The summed E-state index contributed by atoms with van der Waals surface area (Å²) in [6.45, 7) is 11.4. The summed E-state index contributed by atoms with van der Waals surface area (Å²) in [6, 6.07) is 5.68. The lowest BCUT2D eigenvalue weighted by Gasteiger charge is -2.34. The number of halogens is 1. The van der Waals surface area contributed by atoms with E-state index in [-0.39, 0.29) is 35.4 Å². The smallest absolute Gasteiger partial charge is 0.228 e. The third-order valence-electron chi connectivity index (χ3n) is 5.72. The second kappa shape index (κ2) is 9.76. The second-order valence-corrected chi connectivity index (χ2v) is 9.88. The number of piperidine rings is 1. The van der Waals surface area contributed by atoms with Gasteiger partial charge in [0.25, 0.3) is 0 Å². The molecule has 172 valence electrons. The Kier molecular flexibility index (Phi) is 7.26. The molecule has 2 amide bonds. The zero-order valence-electron chi connectivity index (χ0n) is 19.7. The molecule has 1 unspecified atom stereocenters. The average molecular weight is 441 g/mol. The van der Waals surface area contributed by atoms with Crippen molar-refractivity contribution in [3.05, 3.63) is 52.9 Å². The Morgan fingerprint density at radius 3 is 2.34 bits per heavy atom. The molecule has 0 radical (unpaired) electrons. The summed E-state index contributed by atoms with van der Waals surface area (Å²) >= 11 is 0. The fourth-order valence-electron chi connectivity index (χ4n) is 4.08. The molecule has 1 saturated heterocycles. The molecule has 2 heterocycles. The molecule has 2 aromatic rings. The van der Waals surface area contributed by atoms with E-state index < -0.39 is 0 Å². The summed E-state index contributed by atoms with van der Waals surface area (Å²) in [7, 11) is 0. The minimum atomic E-state index is -0.347. The summed E-state index contributed by atoms with van der Waals surface area (Å²) in [5, 5.41) is 2.78. The zero-order valence-corrected chi connectivity index (χ0v) is 19.7. The highest BCUT2D eigenvalue weighted by atomic mass is 19.1. The van der Waals surface area contributed by atoms with Gasteiger partial charge in [-0.15, -0.1) is 0 Å². The first-order chi connectivity index (χ1) is 15.0. The van der Waals surface area contributed by atoms with Crippen molar-refractivity contribution in [3.63, 3.8) is 0 Å². The molecular formula is C25H33FN4O2. The minimum absolute atomic E-state index is 0.0379. The zero-order chi connectivity index (χ0) is 23.5. The molecule has 6 nitrogen and oxygen atoms in total. The lowest BCUT2D eigenvalue weighted by Crippen LogP contribution is -2.41.